The molecule has 0 saturated heterocycles. The number of hydrogen-bond donors (Lipinski definition) is 3. The van der Waals surface area contributed by atoms with E-state index in [9.17, 15) is 4.79 Å². The molecule has 0 saturated carbocycles. The number of nitrogens with one attached hydrogen (secondary N) is 3. The molecular weight excluding hydrogens is 298 g/mol. The number of benzene rings is 2. The van der Waals surface area contributed by atoms with Crippen LogP contribution in [0.3, 0.4) is 0 Å². The van der Waals surface area contributed by atoms with E-state index < -0.39 is 0 Å². The third-order valence-electron chi connectivity index (χ3n) is 5.04. The summed E-state index contributed by atoms with van der Waals surface area (Å²) < 4.78 is 0. The molecule has 0 unspecified atom stereocenters. The Morgan fingerprint density at radius 3 is 2.54 bits per heavy atom. The van der Waals surface area contributed by atoms with Crippen LogP contribution in [0, 0.1) is 0 Å². The highest BCUT2D eigenvalue weighted by Gasteiger charge is 2.29. The number of para-hydroxylation sites is 2. The molecule has 3 heterocycles. The topological polar surface area (TPSA) is 60.7 Å². The maximum Gasteiger partial charge on any atom is 0.268 e. The Kier molecular flexibility index (Phi) is 2.80. The van der Waals surface area contributed by atoms with Crippen molar-refractivity contribution in [2.75, 3.05) is 6.54 Å². The normalized spacial score (nSPS) is 17.7. The van der Waals surface area contributed by atoms with Crippen LogP contribution in [-0.2, 0) is 0 Å². The Labute approximate surface area is 138 Å². The van der Waals surface area contributed by atoms with Gasteiger partial charge in [-0.3, -0.25) is 4.79 Å². The van der Waals surface area contributed by atoms with Crippen LogP contribution in [0.5, 0.6) is 0 Å². The van der Waals surface area contributed by atoms with E-state index in [1.54, 1.807) is 0 Å². The molecule has 118 valence electrons. The number of aromatic nitrogens is 2. The fourth-order valence-electron chi connectivity index (χ4n) is 3.96. The number of amides is 1. The average molecular weight is 315 g/mol. The van der Waals surface area contributed by atoms with Crippen molar-refractivity contribution in [1.82, 2.24) is 15.3 Å². The van der Waals surface area contributed by atoms with Crippen LogP contribution >= 0.6 is 0 Å². The van der Waals surface area contributed by atoms with Gasteiger partial charge in [-0.1, -0.05) is 36.4 Å². The molecule has 24 heavy (non-hydrogen) atoms. The standard InChI is InChI=1S/C20H17N3O/c24-20-19-18(14-6-2-4-8-17(14)23-19)13(9-10-21-20)15-11-22-16-7-3-1-5-12(15)16/h1-8,11,13,22-23H,9-10H2,(H,21,24)/t13-/m0/s1. The van der Waals surface area contributed by atoms with Gasteiger partial charge in [0, 0.05) is 40.5 Å². The van der Waals surface area contributed by atoms with Gasteiger partial charge >= 0.3 is 0 Å². The second-order valence-corrected chi connectivity index (χ2v) is 6.35. The molecule has 0 spiro atoms. The van der Waals surface area contributed by atoms with E-state index in [4.69, 9.17) is 0 Å². The van der Waals surface area contributed by atoms with E-state index in [1.165, 1.54) is 10.9 Å². The summed E-state index contributed by atoms with van der Waals surface area (Å²) in [4.78, 5) is 19.2. The number of carbonyl (C=O) groups excluding carboxylic acids is 1. The van der Waals surface area contributed by atoms with Crippen molar-refractivity contribution >= 4 is 27.7 Å². The number of rotatable bonds is 1. The van der Waals surface area contributed by atoms with Gasteiger partial charge in [0.2, 0.25) is 0 Å². The molecular formula is C20H17N3O. The first-order chi connectivity index (χ1) is 11.8. The van der Waals surface area contributed by atoms with Gasteiger partial charge in [0.15, 0.2) is 0 Å². The number of hydrogen-bond acceptors (Lipinski definition) is 1. The van der Waals surface area contributed by atoms with Crippen LogP contribution in [0.25, 0.3) is 21.8 Å². The van der Waals surface area contributed by atoms with Crippen LogP contribution in [0.4, 0.5) is 0 Å². The second kappa shape index (κ2) is 4.99. The lowest BCUT2D eigenvalue weighted by Gasteiger charge is -2.15. The van der Waals surface area contributed by atoms with Gasteiger partial charge in [0.1, 0.15) is 5.69 Å². The fourth-order valence-corrected chi connectivity index (χ4v) is 3.96. The maximum atomic E-state index is 12.5. The number of carbonyl (C=O) groups is 1. The predicted molar refractivity (Wildman–Crippen MR) is 95.4 cm³/mol. The summed E-state index contributed by atoms with van der Waals surface area (Å²) in [5.74, 6) is 0.176. The molecule has 4 nitrogen and oxygen atoms in total. The minimum Gasteiger partial charge on any atom is -0.361 e. The Bertz CT molecular complexity index is 1070. The first-order valence-electron chi connectivity index (χ1n) is 8.28. The molecule has 4 heteroatoms. The van der Waals surface area contributed by atoms with Gasteiger partial charge in [0.25, 0.3) is 5.91 Å². The van der Waals surface area contributed by atoms with Gasteiger partial charge < -0.3 is 15.3 Å². The zero-order chi connectivity index (χ0) is 16.1. The van der Waals surface area contributed by atoms with Gasteiger partial charge in [-0.05, 0) is 29.7 Å². The molecule has 0 bridgehead atoms. The minimum atomic E-state index is -0.0106. The van der Waals surface area contributed by atoms with Crippen molar-refractivity contribution in [2.45, 2.75) is 12.3 Å². The molecule has 2 aromatic heterocycles. The van der Waals surface area contributed by atoms with Gasteiger partial charge in [-0.25, -0.2) is 0 Å². The van der Waals surface area contributed by atoms with Crippen LogP contribution in [0.15, 0.2) is 54.7 Å². The molecule has 1 amide bonds. The van der Waals surface area contributed by atoms with Crippen molar-refractivity contribution in [2.24, 2.45) is 0 Å². The summed E-state index contributed by atoms with van der Waals surface area (Å²) in [6.07, 6.45) is 2.99. The van der Waals surface area contributed by atoms with Gasteiger partial charge in [0.05, 0.1) is 0 Å². The smallest absolute Gasteiger partial charge is 0.268 e. The Morgan fingerprint density at radius 1 is 0.917 bits per heavy atom. The van der Waals surface area contributed by atoms with Crippen LogP contribution in [0.1, 0.15) is 34.0 Å². The molecule has 5 rings (SSSR count). The molecule has 1 aliphatic rings. The SMILES string of the molecule is O=C1NCC[C@@H](c2c[nH]c3ccccc23)c2c1[nH]c1ccccc21. The zero-order valence-electron chi connectivity index (χ0n) is 13.1. The molecule has 1 aliphatic heterocycles. The summed E-state index contributed by atoms with van der Waals surface area (Å²) in [5.41, 5.74) is 5.23. The zero-order valence-corrected chi connectivity index (χ0v) is 13.1. The monoisotopic (exact) mass is 315 g/mol. The highest BCUT2D eigenvalue weighted by Crippen LogP contribution is 2.39. The first-order valence-corrected chi connectivity index (χ1v) is 8.28. The third kappa shape index (κ3) is 1.83. The molecule has 2 aromatic carbocycles. The van der Waals surface area contributed by atoms with Crippen molar-refractivity contribution in [3.63, 3.8) is 0 Å². The quantitative estimate of drug-likeness (QED) is 0.490. The van der Waals surface area contributed by atoms with Crippen LogP contribution < -0.4 is 5.32 Å². The maximum absolute atomic E-state index is 12.5. The number of fused-ring (bicyclic) bond motifs is 4. The lowest BCUT2D eigenvalue weighted by molar-refractivity contribution is 0.0952. The Balaban J connectivity index is 1.81. The van der Waals surface area contributed by atoms with E-state index in [0.717, 1.165) is 28.4 Å². The molecule has 0 fully saturated rings. The average Bonchev–Trinajstić information content (AvgIpc) is 3.17. The lowest BCUT2D eigenvalue weighted by Crippen LogP contribution is -2.23. The number of aromatic amines is 2. The summed E-state index contributed by atoms with van der Waals surface area (Å²) in [7, 11) is 0. The molecule has 0 radical (unpaired) electrons. The largest absolute Gasteiger partial charge is 0.361 e. The van der Waals surface area contributed by atoms with Crippen molar-refractivity contribution < 1.29 is 4.79 Å². The van der Waals surface area contributed by atoms with E-state index in [0.29, 0.717) is 12.2 Å². The van der Waals surface area contributed by atoms with E-state index >= 15 is 0 Å². The highest BCUT2D eigenvalue weighted by atomic mass is 16.1. The summed E-state index contributed by atoms with van der Waals surface area (Å²) in [6, 6.07) is 16.5. The van der Waals surface area contributed by atoms with Gasteiger partial charge in [-0.2, -0.15) is 0 Å². The van der Waals surface area contributed by atoms with Gasteiger partial charge in [-0.15, -0.1) is 0 Å². The Hall–Kier alpha value is -3.01. The first kappa shape index (κ1) is 13.4. The van der Waals surface area contributed by atoms with Crippen LogP contribution in [0.2, 0.25) is 0 Å². The van der Waals surface area contributed by atoms with E-state index in [-0.39, 0.29) is 11.8 Å². The summed E-state index contributed by atoms with van der Waals surface area (Å²) in [6.45, 7) is 0.680. The summed E-state index contributed by atoms with van der Waals surface area (Å²) in [5, 5.41) is 5.39. The summed E-state index contributed by atoms with van der Waals surface area (Å²) >= 11 is 0. The van der Waals surface area contributed by atoms with E-state index in [1.807, 2.05) is 24.3 Å². The second-order valence-electron chi connectivity index (χ2n) is 6.35. The van der Waals surface area contributed by atoms with Crippen molar-refractivity contribution in [1.29, 1.82) is 0 Å². The third-order valence-corrected chi connectivity index (χ3v) is 5.04. The molecule has 4 aromatic rings. The lowest BCUT2D eigenvalue weighted by atomic mass is 9.87. The molecule has 1 atom stereocenters. The number of H-pyrrole nitrogens is 2. The Morgan fingerprint density at radius 2 is 1.67 bits per heavy atom. The predicted octanol–water partition coefficient (Wildman–Crippen LogP) is 3.91. The fraction of sp³-hybridized carbons (Fsp3) is 0.150. The molecule has 0 aliphatic carbocycles. The minimum absolute atomic E-state index is 0.0106. The van der Waals surface area contributed by atoms with Crippen molar-refractivity contribution in [3.8, 4) is 0 Å². The van der Waals surface area contributed by atoms with E-state index in [2.05, 4.69) is 45.7 Å². The highest BCUT2D eigenvalue weighted by molar-refractivity contribution is 6.02. The van der Waals surface area contributed by atoms with Crippen LogP contribution in [-0.4, -0.2) is 22.4 Å². The molecule has 3 N–H and O–H groups in total. The van der Waals surface area contributed by atoms with Crippen molar-refractivity contribution in [3.05, 3.63) is 71.5 Å².